The summed E-state index contributed by atoms with van der Waals surface area (Å²) in [6.07, 6.45) is 4.99. The molecule has 4 heterocycles. The minimum atomic E-state index is -0.258. The highest BCUT2D eigenvalue weighted by atomic mass is 16.5. The molecule has 0 aliphatic carbocycles. The smallest absolute Gasteiger partial charge is 0.249 e. The molecule has 2 amide bonds. The first-order chi connectivity index (χ1) is 16.0. The van der Waals surface area contributed by atoms with Crippen LogP contribution < -0.4 is 0 Å². The molecule has 6 nitrogen and oxygen atoms in total. The molecule has 0 unspecified atom stereocenters. The molecule has 1 atom stereocenters. The molecule has 0 spiro atoms. The number of para-hydroxylation sites is 2. The SMILES string of the molecule is BN1C(=O)C2=C(C1=O)c1cn(c3ccccc13)CC[C@H](C)OCCn1cc2c2ccccc21. The Balaban J connectivity index is 1.71. The van der Waals surface area contributed by atoms with Crippen molar-refractivity contribution in [2.75, 3.05) is 6.61 Å². The highest BCUT2D eigenvalue weighted by Crippen LogP contribution is 2.41. The number of aromatic nitrogens is 2. The molecule has 0 saturated heterocycles. The fourth-order valence-electron chi connectivity index (χ4n) is 5.16. The Bertz CT molecular complexity index is 1480. The number of amides is 2. The molecule has 2 aromatic heterocycles. The molecule has 0 saturated carbocycles. The van der Waals surface area contributed by atoms with Crippen molar-refractivity contribution in [2.24, 2.45) is 0 Å². The number of hydrogen-bond donors (Lipinski definition) is 0. The molecule has 0 fully saturated rings. The summed E-state index contributed by atoms with van der Waals surface area (Å²) in [4.78, 5) is 28.1. The van der Waals surface area contributed by atoms with Gasteiger partial charge >= 0.3 is 0 Å². The van der Waals surface area contributed by atoms with Crippen LogP contribution in [-0.4, -0.2) is 46.5 Å². The van der Waals surface area contributed by atoms with Crippen molar-refractivity contribution >= 4 is 52.7 Å². The van der Waals surface area contributed by atoms with Crippen LogP contribution >= 0.6 is 0 Å². The van der Waals surface area contributed by atoms with E-state index in [-0.39, 0.29) is 17.9 Å². The quantitative estimate of drug-likeness (QED) is 0.314. The van der Waals surface area contributed by atoms with Gasteiger partial charge in [-0.05, 0) is 25.5 Å². The lowest BCUT2D eigenvalue weighted by atomic mass is 9.95. The Morgan fingerprint density at radius 3 is 1.91 bits per heavy atom. The third-order valence-corrected chi connectivity index (χ3v) is 6.91. The van der Waals surface area contributed by atoms with Gasteiger partial charge in [-0.1, -0.05) is 36.4 Å². The maximum Gasteiger partial charge on any atom is 0.249 e. The molecule has 4 bridgehead atoms. The standard InChI is InChI=1S/C26H24BN3O3/c1-16-10-11-28-14-19(17-6-2-4-8-21(17)28)23-24(26(32)30(27)25(23)31)20-15-29(12-13-33-16)22-9-5-3-7-18(20)22/h2-9,14-16H,10-13,27H2,1H3/t16-/m0/s1. The van der Waals surface area contributed by atoms with Crippen LogP contribution in [0.15, 0.2) is 60.9 Å². The van der Waals surface area contributed by atoms with Crippen LogP contribution in [0.5, 0.6) is 0 Å². The van der Waals surface area contributed by atoms with Gasteiger partial charge in [0.2, 0.25) is 19.8 Å². The Kier molecular flexibility index (Phi) is 4.55. The van der Waals surface area contributed by atoms with Crippen LogP contribution in [0.3, 0.4) is 0 Å². The summed E-state index contributed by atoms with van der Waals surface area (Å²) in [6.45, 7) is 4.13. The van der Waals surface area contributed by atoms with E-state index in [9.17, 15) is 9.59 Å². The summed E-state index contributed by atoms with van der Waals surface area (Å²) >= 11 is 0. The number of carbonyl (C=O) groups excluding carboxylic acids is 2. The lowest BCUT2D eigenvalue weighted by Gasteiger charge is -2.15. The molecule has 2 aliphatic heterocycles. The number of aryl methyl sites for hydroxylation is 1. The Labute approximate surface area is 192 Å². The number of carbonyl (C=O) groups is 2. The van der Waals surface area contributed by atoms with Crippen molar-refractivity contribution in [1.29, 1.82) is 0 Å². The number of nitrogens with zero attached hydrogens (tertiary/aromatic N) is 3. The van der Waals surface area contributed by atoms with Gasteiger partial charge in [-0.25, -0.2) is 0 Å². The van der Waals surface area contributed by atoms with E-state index in [0.29, 0.717) is 24.3 Å². The highest BCUT2D eigenvalue weighted by molar-refractivity contribution is 6.56. The molecule has 0 N–H and O–H groups in total. The van der Waals surface area contributed by atoms with Crippen molar-refractivity contribution in [2.45, 2.75) is 32.5 Å². The van der Waals surface area contributed by atoms with Crippen molar-refractivity contribution in [3.05, 3.63) is 72.1 Å². The number of ether oxygens (including phenoxy) is 1. The number of benzene rings is 2. The average molecular weight is 437 g/mol. The molecule has 2 aliphatic rings. The van der Waals surface area contributed by atoms with Crippen LogP contribution in [0, 0.1) is 0 Å². The van der Waals surface area contributed by atoms with Gasteiger partial charge in [0.1, 0.15) is 0 Å². The van der Waals surface area contributed by atoms with Gasteiger partial charge in [-0.15, -0.1) is 0 Å². The summed E-state index contributed by atoms with van der Waals surface area (Å²) in [6, 6.07) is 16.1. The van der Waals surface area contributed by atoms with Gasteiger partial charge < -0.3 is 18.7 Å². The maximum absolute atomic E-state index is 13.5. The monoisotopic (exact) mass is 437 g/mol. The largest absolute Gasteiger partial charge is 0.377 e. The van der Waals surface area contributed by atoms with Gasteiger partial charge in [0.15, 0.2) is 0 Å². The fraction of sp³-hybridized carbons (Fsp3) is 0.231. The molecule has 33 heavy (non-hydrogen) atoms. The summed E-state index contributed by atoms with van der Waals surface area (Å²) in [5.74, 6) is -0.509. The molecule has 164 valence electrons. The Morgan fingerprint density at radius 1 is 0.818 bits per heavy atom. The topological polar surface area (TPSA) is 56.5 Å². The van der Waals surface area contributed by atoms with E-state index in [0.717, 1.165) is 45.9 Å². The summed E-state index contributed by atoms with van der Waals surface area (Å²) in [7, 11) is 1.57. The van der Waals surface area contributed by atoms with Gasteiger partial charge in [0, 0.05) is 58.4 Å². The first-order valence-corrected chi connectivity index (χ1v) is 11.4. The van der Waals surface area contributed by atoms with Gasteiger partial charge in [0.25, 0.3) is 0 Å². The number of hydrogen-bond acceptors (Lipinski definition) is 3. The molecule has 7 heteroatoms. The van der Waals surface area contributed by atoms with Crippen molar-refractivity contribution in [1.82, 2.24) is 13.9 Å². The van der Waals surface area contributed by atoms with Crippen LogP contribution in [0.2, 0.25) is 0 Å². The third kappa shape index (κ3) is 2.99. The van der Waals surface area contributed by atoms with Crippen LogP contribution in [-0.2, 0) is 27.4 Å². The third-order valence-electron chi connectivity index (χ3n) is 6.91. The second-order valence-corrected chi connectivity index (χ2v) is 8.90. The van der Waals surface area contributed by atoms with Crippen LogP contribution in [0.25, 0.3) is 33.0 Å². The minimum absolute atomic E-state index is 0.106. The van der Waals surface area contributed by atoms with Crippen molar-refractivity contribution in [3.63, 3.8) is 0 Å². The zero-order valence-corrected chi connectivity index (χ0v) is 18.7. The average Bonchev–Trinajstić information content (AvgIpc) is 3.44. The predicted octanol–water partition coefficient (Wildman–Crippen LogP) is 3.23. The van der Waals surface area contributed by atoms with Gasteiger partial charge in [-0.2, -0.15) is 0 Å². The number of fused-ring (bicyclic) bond motifs is 12. The van der Waals surface area contributed by atoms with Gasteiger partial charge in [-0.3, -0.25) is 9.59 Å². The number of imide groups is 1. The van der Waals surface area contributed by atoms with E-state index in [1.807, 2.05) is 48.8 Å². The molecular formula is C26H24BN3O3. The van der Waals surface area contributed by atoms with E-state index in [1.165, 1.54) is 4.81 Å². The minimum Gasteiger partial charge on any atom is -0.377 e. The van der Waals surface area contributed by atoms with Gasteiger partial charge in [0.05, 0.1) is 23.9 Å². The fourth-order valence-corrected chi connectivity index (χ4v) is 5.16. The second kappa shape index (κ2) is 7.49. The maximum atomic E-state index is 13.5. The summed E-state index contributed by atoms with van der Waals surface area (Å²) in [5, 5.41) is 1.95. The molecule has 4 aromatic rings. The van der Waals surface area contributed by atoms with Crippen molar-refractivity contribution < 1.29 is 14.3 Å². The predicted molar refractivity (Wildman–Crippen MR) is 131 cm³/mol. The molecule has 0 radical (unpaired) electrons. The van der Waals surface area contributed by atoms with Crippen LogP contribution in [0.4, 0.5) is 0 Å². The van der Waals surface area contributed by atoms with E-state index in [1.54, 1.807) is 7.98 Å². The second-order valence-electron chi connectivity index (χ2n) is 8.90. The highest BCUT2D eigenvalue weighted by Gasteiger charge is 2.39. The lowest BCUT2D eigenvalue weighted by molar-refractivity contribution is -0.130. The summed E-state index contributed by atoms with van der Waals surface area (Å²) in [5.41, 5.74) is 4.66. The molecule has 6 rings (SSSR count). The lowest BCUT2D eigenvalue weighted by Crippen LogP contribution is -2.28. The van der Waals surface area contributed by atoms with E-state index in [2.05, 4.69) is 28.2 Å². The van der Waals surface area contributed by atoms with Crippen molar-refractivity contribution in [3.8, 4) is 0 Å². The Hall–Kier alpha value is -3.58. The number of rotatable bonds is 0. The normalized spacial score (nSPS) is 19.4. The zero-order valence-electron chi connectivity index (χ0n) is 18.7. The Morgan fingerprint density at radius 2 is 1.33 bits per heavy atom. The first kappa shape index (κ1) is 20.1. The first-order valence-electron chi connectivity index (χ1n) is 11.4. The zero-order chi connectivity index (χ0) is 22.7. The molecule has 2 aromatic carbocycles. The van der Waals surface area contributed by atoms with E-state index in [4.69, 9.17) is 4.74 Å². The molecular weight excluding hydrogens is 413 g/mol. The van der Waals surface area contributed by atoms with E-state index >= 15 is 0 Å². The van der Waals surface area contributed by atoms with Crippen LogP contribution in [0.1, 0.15) is 24.5 Å². The van der Waals surface area contributed by atoms with E-state index < -0.39 is 0 Å². The summed E-state index contributed by atoms with van der Waals surface area (Å²) < 4.78 is 10.4.